The molecule has 0 spiro atoms. The third-order valence-electron chi connectivity index (χ3n) is 3.92. The molecule has 5 heteroatoms. The Hall–Kier alpha value is -1.88. The maximum Gasteiger partial charge on any atom is 0.253 e. The number of aliphatic hydroxyl groups excluding tert-OH is 1. The monoisotopic (exact) mass is 274 g/mol. The van der Waals surface area contributed by atoms with Gasteiger partial charge in [-0.3, -0.25) is 9.59 Å². The maximum absolute atomic E-state index is 12.2. The lowest BCUT2D eigenvalue weighted by molar-refractivity contribution is -0.117. The Labute approximate surface area is 117 Å². The molecule has 0 bridgehead atoms. The average molecular weight is 274 g/mol. The Morgan fingerprint density at radius 1 is 1.15 bits per heavy atom. The van der Waals surface area contributed by atoms with Gasteiger partial charge in [-0.25, -0.2) is 0 Å². The van der Waals surface area contributed by atoms with Crippen LogP contribution in [0.4, 0.5) is 5.69 Å². The number of amides is 2. The van der Waals surface area contributed by atoms with E-state index in [1.807, 2.05) is 4.90 Å². The number of hydrogen-bond donors (Lipinski definition) is 1. The third-order valence-corrected chi connectivity index (χ3v) is 3.92. The van der Waals surface area contributed by atoms with E-state index in [0.29, 0.717) is 12.1 Å². The Bertz CT molecular complexity index is 520. The number of benzene rings is 1. The summed E-state index contributed by atoms with van der Waals surface area (Å²) in [6.45, 7) is 1.99. The van der Waals surface area contributed by atoms with E-state index in [0.717, 1.165) is 31.6 Å². The first-order valence-electron chi connectivity index (χ1n) is 7.03. The Balaban J connectivity index is 1.74. The number of hydrogen-bond acceptors (Lipinski definition) is 3. The van der Waals surface area contributed by atoms with Crippen LogP contribution in [0, 0.1) is 0 Å². The van der Waals surface area contributed by atoms with Crippen LogP contribution in [0.5, 0.6) is 0 Å². The van der Waals surface area contributed by atoms with Gasteiger partial charge in [-0.1, -0.05) is 0 Å². The second kappa shape index (κ2) is 5.25. The highest BCUT2D eigenvalue weighted by Gasteiger charge is 2.29. The summed E-state index contributed by atoms with van der Waals surface area (Å²) in [5.41, 5.74) is 1.40. The van der Waals surface area contributed by atoms with Crippen molar-refractivity contribution in [3.05, 3.63) is 29.8 Å². The summed E-state index contributed by atoms with van der Waals surface area (Å²) in [5, 5.41) is 9.49. The van der Waals surface area contributed by atoms with E-state index >= 15 is 0 Å². The van der Waals surface area contributed by atoms with Gasteiger partial charge in [0.05, 0.1) is 19.1 Å². The molecule has 0 aromatic heterocycles. The van der Waals surface area contributed by atoms with Crippen LogP contribution in [-0.2, 0) is 4.79 Å². The van der Waals surface area contributed by atoms with E-state index in [1.165, 1.54) is 0 Å². The number of carbonyl (C=O) groups excluding carboxylic acids is 2. The van der Waals surface area contributed by atoms with Crippen LogP contribution in [0.1, 0.15) is 29.6 Å². The molecule has 0 radical (unpaired) electrons. The standard InChI is InChI=1S/C15H18N2O3/c18-13-9-14(19)17(10-13)12-5-3-11(4-6-12)15(20)16-7-1-2-8-16/h3-6,13,18H,1-2,7-10H2. The smallest absolute Gasteiger partial charge is 0.253 e. The van der Waals surface area contributed by atoms with Crippen LogP contribution < -0.4 is 4.90 Å². The van der Waals surface area contributed by atoms with Crippen molar-refractivity contribution in [2.24, 2.45) is 0 Å². The van der Waals surface area contributed by atoms with Gasteiger partial charge in [0.2, 0.25) is 5.91 Å². The Kier molecular flexibility index (Phi) is 3.44. The molecule has 20 heavy (non-hydrogen) atoms. The minimum Gasteiger partial charge on any atom is -0.391 e. The molecule has 2 aliphatic rings. The molecule has 2 heterocycles. The van der Waals surface area contributed by atoms with E-state index in [1.54, 1.807) is 29.2 Å². The largest absolute Gasteiger partial charge is 0.391 e. The fourth-order valence-electron chi connectivity index (χ4n) is 2.83. The number of nitrogens with zero attached hydrogens (tertiary/aromatic N) is 2. The lowest BCUT2D eigenvalue weighted by Crippen LogP contribution is -2.28. The van der Waals surface area contributed by atoms with Gasteiger partial charge in [0.25, 0.3) is 5.91 Å². The Morgan fingerprint density at radius 3 is 2.35 bits per heavy atom. The zero-order chi connectivity index (χ0) is 14.1. The van der Waals surface area contributed by atoms with Gasteiger partial charge in [-0.15, -0.1) is 0 Å². The van der Waals surface area contributed by atoms with Crippen LogP contribution in [-0.4, -0.2) is 47.6 Å². The van der Waals surface area contributed by atoms with Crippen molar-refractivity contribution in [1.82, 2.24) is 4.90 Å². The van der Waals surface area contributed by atoms with Crippen LogP contribution in [0.15, 0.2) is 24.3 Å². The highest BCUT2D eigenvalue weighted by Crippen LogP contribution is 2.23. The van der Waals surface area contributed by atoms with Gasteiger partial charge in [0.15, 0.2) is 0 Å². The number of carbonyl (C=O) groups is 2. The molecule has 2 saturated heterocycles. The second-order valence-corrected chi connectivity index (χ2v) is 5.41. The predicted octanol–water partition coefficient (Wildman–Crippen LogP) is 1.02. The summed E-state index contributed by atoms with van der Waals surface area (Å²) >= 11 is 0. The molecule has 1 unspecified atom stereocenters. The van der Waals surface area contributed by atoms with E-state index in [2.05, 4.69) is 0 Å². The molecule has 1 aromatic carbocycles. The minimum absolute atomic E-state index is 0.0573. The van der Waals surface area contributed by atoms with Crippen molar-refractivity contribution < 1.29 is 14.7 Å². The first-order valence-corrected chi connectivity index (χ1v) is 7.03. The molecular formula is C15H18N2O3. The number of anilines is 1. The van der Waals surface area contributed by atoms with Crippen molar-refractivity contribution in [2.75, 3.05) is 24.5 Å². The van der Waals surface area contributed by atoms with E-state index in [4.69, 9.17) is 0 Å². The van der Waals surface area contributed by atoms with Crippen molar-refractivity contribution >= 4 is 17.5 Å². The molecule has 106 valence electrons. The molecule has 0 saturated carbocycles. The van der Waals surface area contributed by atoms with E-state index in [-0.39, 0.29) is 18.2 Å². The van der Waals surface area contributed by atoms with Gasteiger partial charge in [0, 0.05) is 24.3 Å². The highest BCUT2D eigenvalue weighted by molar-refractivity contribution is 5.98. The molecule has 2 aliphatic heterocycles. The zero-order valence-electron chi connectivity index (χ0n) is 11.3. The van der Waals surface area contributed by atoms with Crippen LogP contribution in [0.3, 0.4) is 0 Å². The fraction of sp³-hybridized carbons (Fsp3) is 0.467. The van der Waals surface area contributed by atoms with E-state index < -0.39 is 6.10 Å². The van der Waals surface area contributed by atoms with Gasteiger partial charge in [-0.05, 0) is 37.1 Å². The Morgan fingerprint density at radius 2 is 1.80 bits per heavy atom. The number of aliphatic hydroxyl groups is 1. The predicted molar refractivity (Wildman–Crippen MR) is 74.6 cm³/mol. The summed E-state index contributed by atoms with van der Waals surface area (Å²) in [7, 11) is 0. The van der Waals surface area contributed by atoms with Crippen LogP contribution >= 0.6 is 0 Å². The summed E-state index contributed by atoms with van der Waals surface area (Å²) in [6, 6.07) is 7.07. The van der Waals surface area contributed by atoms with Crippen molar-refractivity contribution in [3.63, 3.8) is 0 Å². The molecule has 1 atom stereocenters. The molecule has 2 fully saturated rings. The van der Waals surface area contributed by atoms with E-state index in [9.17, 15) is 14.7 Å². The first kappa shape index (κ1) is 13.1. The lowest BCUT2D eigenvalue weighted by atomic mass is 10.1. The topological polar surface area (TPSA) is 60.9 Å². The average Bonchev–Trinajstić information content (AvgIpc) is 3.08. The molecule has 0 aliphatic carbocycles. The minimum atomic E-state index is -0.589. The summed E-state index contributed by atoms with van der Waals surface area (Å²) in [4.78, 5) is 27.3. The van der Waals surface area contributed by atoms with Gasteiger partial charge < -0.3 is 14.9 Å². The zero-order valence-corrected chi connectivity index (χ0v) is 11.3. The molecule has 2 amide bonds. The van der Waals surface area contributed by atoms with Crippen molar-refractivity contribution in [1.29, 1.82) is 0 Å². The third kappa shape index (κ3) is 2.41. The summed E-state index contributed by atoms with van der Waals surface area (Å²) in [6.07, 6.45) is 1.73. The van der Waals surface area contributed by atoms with Crippen LogP contribution in [0.2, 0.25) is 0 Å². The normalized spacial score (nSPS) is 22.6. The van der Waals surface area contributed by atoms with Gasteiger partial charge >= 0.3 is 0 Å². The lowest BCUT2D eigenvalue weighted by Gasteiger charge is -2.18. The maximum atomic E-state index is 12.2. The van der Waals surface area contributed by atoms with Crippen molar-refractivity contribution in [2.45, 2.75) is 25.4 Å². The molecule has 1 N–H and O–H groups in total. The van der Waals surface area contributed by atoms with Crippen LogP contribution in [0.25, 0.3) is 0 Å². The number of β-amino-alcohol motifs (C(OH)–C–C–N with tert-alkyl or cyclic N) is 1. The number of rotatable bonds is 2. The van der Waals surface area contributed by atoms with Gasteiger partial charge in [0.1, 0.15) is 0 Å². The highest BCUT2D eigenvalue weighted by atomic mass is 16.3. The summed E-state index contributed by atoms with van der Waals surface area (Å²) in [5.74, 6) is -0.0158. The number of likely N-dealkylation sites (tertiary alicyclic amines) is 1. The fourth-order valence-corrected chi connectivity index (χ4v) is 2.83. The molecule has 5 nitrogen and oxygen atoms in total. The van der Waals surface area contributed by atoms with Gasteiger partial charge in [-0.2, -0.15) is 0 Å². The van der Waals surface area contributed by atoms with Crippen molar-refractivity contribution in [3.8, 4) is 0 Å². The molecule has 3 rings (SSSR count). The molecule has 1 aromatic rings. The SMILES string of the molecule is O=C(c1ccc(N2CC(O)CC2=O)cc1)N1CCCC1. The quantitative estimate of drug-likeness (QED) is 0.876. The summed E-state index contributed by atoms with van der Waals surface area (Å²) < 4.78 is 0. The first-order chi connectivity index (χ1) is 9.65. The second-order valence-electron chi connectivity index (χ2n) is 5.41. The molecular weight excluding hydrogens is 256 g/mol.